The number of nitrogens with one attached hydrogen (secondary N) is 2. The first-order valence-electron chi connectivity index (χ1n) is 9.55. The van der Waals surface area contributed by atoms with Crippen molar-refractivity contribution < 1.29 is 9.35 Å². The second-order valence-electron chi connectivity index (χ2n) is 7.31. The van der Waals surface area contributed by atoms with Crippen molar-refractivity contribution in [2.45, 2.75) is 12.8 Å². The molecule has 0 bridgehead atoms. The molecular formula is C19H22IN6O3PS. The molecule has 1 aliphatic rings. The molecule has 2 atom stereocenters. The quantitative estimate of drug-likeness (QED) is 0.256. The van der Waals surface area contributed by atoms with Gasteiger partial charge < -0.3 is 15.2 Å². The molecule has 3 aromatic rings. The van der Waals surface area contributed by atoms with Crippen molar-refractivity contribution in [1.82, 2.24) is 14.1 Å². The number of para-hydroxylation sites is 2. The minimum absolute atomic E-state index is 0.0345. The van der Waals surface area contributed by atoms with Gasteiger partial charge in [0.2, 0.25) is 5.91 Å². The van der Waals surface area contributed by atoms with Crippen LogP contribution in [0.3, 0.4) is 0 Å². The summed E-state index contributed by atoms with van der Waals surface area (Å²) in [7, 11) is 3.44. The molecule has 164 valence electrons. The molecule has 2 unspecified atom stereocenters. The highest BCUT2D eigenvalue weighted by molar-refractivity contribution is 14.2. The SMILES string of the molecule is CN(c1ccccc1Nc1cc(NC(=O)C2CC2)nc2c1c(=O)n(C)n2PI)[S+](C)[O-]. The number of anilines is 4. The van der Waals surface area contributed by atoms with Gasteiger partial charge in [0.25, 0.3) is 5.56 Å². The van der Waals surface area contributed by atoms with Crippen LogP contribution < -0.4 is 20.5 Å². The molecule has 2 N–H and O–H groups in total. The van der Waals surface area contributed by atoms with E-state index in [1.54, 1.807) is 35.2 Å². The molecule has 0 saturated heterocycles. The van der Waals surface area contributed by atoms with Crippen molar-refractivity contribution >= 4 is 79.6 Å². The lowest BCUT2D eigenvalue weighted by Gasteiger charge is -2.22. The highest BCUT2D eigenvalue weighted by Gasteiger charge is 2.30. The molecule has 0 radical (unpaired) electrons. The number of pyridine rings is 1. The summed E-state index contributed by atoms with van der Waals surface area (Å²) in [6, 6.07) is 9.12. The van der Waals surface area contributed by atoms with E-state index in [0.29, 0.717) is 28.2 Å². The lowest BCUT2D eigenvalue weighted by Crippen LogP contribution is -2.25. The number of halogens is 1. The highest BCUT2D eigenvalue weighted by atomic mass is 127. The molecule has 1 fully saturated rings. The van der Waals surface area contributed by atoms with Gasteiger partial charge in [0.05, 0.1) is 36.2 Å². The van der Waals surface area contributed by atoms with Gasteiger partial charge in [0.15, 0.2) is 5.65 Å². The maximum absolute atomic E-state index is 13.0. The van der Waals surface area contributed by atoms with Crippen molar-refractivity contribution in [3.63, 3.8) is 0 Å². The van der Waals surface area contributed by atoms with Gasteiger partial charge in [-0.2, -0.15) is 4.31 Å². The van der Waals surface area contributed by atoms with E-state index < -0.39 is 11.4 Å². The third-order valence-corrected chi connectivity index (χ3v) is 8.20. The van der Waals surface area contributed by atoms with Gasteiger partial charge in [-0.3, -0.25) is 9.59 Å². The maximum atomic E-state index is 13.0. The zero-order valence-corrected chi connectivity index (χ0v) is 21.2. The van der Waals surface area contributed by atoms with Crippen LogP contribution >= 0.6 is 28.4 Å². The van der Waals surface area contributed by atoms with Gasteiger partial charge >= 0.3 is 0 Å². The normalized spacial score (nSPS) is 14.9. The first kappa shape index (κ1) is 22.4. The van der Waals surface area contributed by atoms with Gasteiger partial charge in [-0.15, -0.1) is 0 Å². The zero-order valence-electron chi connectivity index (χ0n) is 17.2. The topological polar surface area (TPSA) is 107 Å². The summed E-state index contributed by atoms with van der Waals surface area (Å²) in [5, 5.41) is 6.64. The predicted molar refractivity (Wildman–Crippen MR) is 136 cm³/mol. The Bertz CT molecular complexity index is 1210. The van der Waals surface area contributed by atoms with Gasteiger partial charge in [-0.25, -0.2) is 14.1 Å². The summed E-state index contributed by atoms with van der Waals surface area (Å²) in [5.41, 5.74) is 2.27. The number of hydrogen-bond donors (Lipinski definition) is 2. The lowest BCUT2D eigenvalue weighted by atomic mass is 10.2. The molecule has 0 aliphatic heterocycles. The molecule has 4 rings (SSSR count). The average molecular weight is 572 g/mol. The van der Waals surface area contributed by atoms with E-state index in [1.807, 2.05) is 24.3 Å². The van der Waals surface area contributed by atoms with Crippen LogP contribution in [-0.2, 0) is 23.2 Å². The van der Waals surface area contributed by atoms with Crippen molar-refractivity contribution in [3.05, 3.63) is 40.7 Å². The first-order valence-corrected chi connectivity index (χ1v) is 15.1. The monoisotopic (exact) mass is 572 g/mol. The average Bonchev–Trinajstić information content (AvgIpc) is 3.56. The first-order chi connectivity index (χ1) is 14.8. The molecule has 31 heavy (non-hydrogen) atoms. The number of amides is 1. The van der Waals surface area contributed by atoms with Crippen LogP contribution in [0.5, 0.6) is 0 Å². The molecule has 1 aliphatic carbocycles. The molecule has 1 aromatic carbocycles. The van der Waals surface area contributed by atoms with Gasteiger partial charge in [0, 0.05) is 19.0 Å². The third-order valence-electron chi connectivity index (χ3n) is 5.19. The Morgan fingerprint density at radius 2 is 2.06 bits per heavy atom. The number of carbonyl (C=O) groups is 1. The summed E-state index contributed by atoms with van der Waals surface area (Å²) in [6.07, 6.45) is 3.63. The van der Waals surface area contributed by atoms with Crippen molar-refractivity contribution in [2.75, 3.05) is 28.2 Å². The summed E-state index contributed by atoms with van der Waals surface area (Å²) in [4.78, 5) is 29.9. The summed E-state index contributed by atoms with van der Waals surface area (Å²) >= 11 is 0.979. The van der Waals surface area contributed by atoms with Gasteiger partial charge in [0.1, 0.15) is 23.1 Å². The standard InChI is InChI=1S/C19H22IN6O3PS/c1-24-19(28)16-13(21-12-6-4-5-7-14(12)25(2)31(3)29)10-15(22-17(16)26(24)30-20)23-18(27)11-8-9-11/h4-7,10-11,30H,8-9H2,1-3H3,(H2,21,22,23,27). The largest absolute Gasteiger partial charge is 0.593 e. The molecule has 9 nitrogen and oxygen atoms in total. The Labute approximate surface area is 197 Å². The van der Waals surface area contributed by atoms with Gasteiger partial charge in [-0.1, -0.05) is 12.1 Å². The molecule has 2 aromatic heterocycles. The van der Waals surface area contributed by atoms with E-state index in [9.17, 15) is 14.1 Å². The Hall–Kier alpha value is -1.82. The summed E-state index contributed by atoms with van der Waals surface area (Å²) in [5.74, 6) is 0.374. The smallest absolute Gasteiger partial charge is 0.278 e. The fourth-order valence-corrected chi connectivity index (χ4v) is 5.80. The molecule has 1 amide bonds. The molecule has 12 heteroatoms. The Morgan fingerprint density at radius 3 is 2.71 bits per heavy atom. The van der Waals surface area contributed by atoms with Crippen LogP contribution in [-0.4, -0.2) is 37.9 Å². The number of hydrogen-bond acceptors (Lipinski definition) is 6. The molecule has 0 spiro atoms. The fourth-order valence-electron chi connectivity index (χ4n) is 3.26. The molecule has 1 saturated carbocycles. The van der Waals surface area contributed by atoms with E-state index in [2.05, 4.69) is 37.7 Å². The molecule has 2 heterocycles. The second-order valence-corrected chi connectivity index (χ2v) is 10.7. The van der Waals surface area contributed by atoms with Crippen molar-refractivity contribution in [3.8, 4) is 0 Å². The minimum atomic E-state index is -1.22. The predicted octanol–water partition coefficient (Wildman–Crippen LogP) is 3.35. The Kier molecular flexibility index (Phi) is 6.47. The lowest BCUT2D eigenvalue weighted by molar-refractivity contribution is -0.117. The zero-order chi connectivity index (χ0) is 22.3. The number of nitrogens with zero attached hydrogens (tertiary/aromatic N) is 4. The van der Waals surface area contributed by atoms with E-state index in [1.165, 1.54) is 4.68 Å². The molecular weight excluding hydrogens is 550 g/mol. The van der Waals surface area contributed by atoms with Crippen molar-refractivity contribution in [1.29, 1.82) is 0 Å². The number of aromatic nitrogens is 3. The Balaban J connectivity index is 1.85. The van der Waals surface area contributed by atoms with Crippen LogP contribution in [0.4, 0.5) is 22.9 Å². The summed E-state index contributed by atoms with van der Waals surface area (Å²) < 4.78 is 17.0. The van der Waals surface area contributed by atoms with Crippen LogP contribution in [0.25, 0.3) is 11.0 Å². The van der Waals surface area contributed by atoms with E-state index in [0.717, 1.165) is 18.5 Å². The van der Waals surface area contributed by atoms with E-state index >= 15 is 0 Å². The summed E-state index contributed by atoms with van der Waals surface area (Å²) in [6.45, 7) is 0. The number of rotatable bonds is 7. The second kappa shape index (κ2) is 8.97. The Morgan fingerprint density at radius 1 is 1.35 bits per heavy atom. The maximum Gasteiger partial charge on any atom is 0.278 e. The van der Waals surface area contributed by atoms with Crippen LogP contribution in [0.2, 0.25) is 0 Å². The number of carbonyl (C=O) groups excluding carboxylic acids is 1. The third kappa shape index (κ3) is 4.41. The van der Waals surface area contributed by atoms with Crippen molar-refractivity contribution in [2.24, 2.45) is 13.0 Å². The van der Waals surface area contributed by atoms with E-state index in [4.69, 9.17) is 0 Å². The van der Waals surface area contributed by atoms with Crippen LogP contribution in [0.15, 0.2) is 35.1 Å². The number of benzene rings is 1. The highest BCUT2D eigenvalue weighted by Crippen LogP contribution is 2.36. The van der Waals surface area contributed by atoms with Crippen LogP contribution in [0.1, 0.15) is 12.8 Å². The minimum Gasteiger partial charge on any atom is -0.593 e. The van der Waals surface area contributed by atoms with E-state index in [-0.39, 0.29) is 23.8 Å². The van der Waals surface area contributed by atoms with Gasteiger partial charge in [-0.05, 0) is 47.0 Å². The van der Waals surface area contributed by atoms with Crippen LogP contribution in [0, 0.1) is 5.92 Å². The fraction of sp³-hybridized carbons (Fsp3) is 0.316. The number of fused-ring (bicyclic) bond motifs is 1.